The number of anilines is 1. The number of nitrogens with one attached hydrogen (secondary N) is 2. The largest absolute Gasteiger partial charge is 0.497 e. The number of hydrogen-bond acceptors (Lipinski definition) is 6. The fourth-order valence-corrected chi connectivity index (χ4v) is 6.67. The highest BCUT2D eigenvalue weighted by atomic mass is 16.5. The van der Waals surface area contributed by atoms with Gasteiger partial charge in [0.05, 0.1) is 37.2 Å². The van der Waals surface area contributed by atoms with Crippen LogP contribution in [0.15, 0.2) is 54.6 Å². The lowest BCUT2D eigenvalue weighted by Gasteiger charge is -2.37. The van der Waals surface area contributed by atoms with Gasteiger partial charge in [-0.05, 0) is 56.0 Å². The minimum atomic E-state index is -1.18. The number of carbonyl (C=O) groups is 3. The molecule has 2 aromatic rings. The Hall–Kier alpha value is -3.43. The van der Waals surface area contributed by atoms with Crippen LogP contribution in [0.2, 0.25) is 0 Å². The first-order chi connectivity index (χ1) is 18.3. The summed E-state index contributed by atoms with van der Waals surface area (Å²) in [6.45, 7) is 3.95. The third-order valence-corrected chi connectivity index (χ3v) is 8.35. The number of carbonyl (C=O) groups excluding carboxylic acids is 3. The molecule has 3 N–H and O–H groups in total. The topological polar surface area (TPSA) is 117 Å². The van der Waals surface area contributed by atoms with Crippen molar-refractivity contribution in [1.82, 2.24) is 10.2 Å². The van der Waals surface area contributed by atoms with Gasteiger partial charge in [-0.15, -0.1) is 0 Å². The van der Waals surface area contributed by atoms with Crippen LogP contribution in [0.25, 0.3) is 0 Å². The number of methoxy groups -OCH3 is 1. The van der Waals surface area contributed by atoms with Crippen molar-refractivity contribution in [2.24, 2.45) is 11.8 Å². The van der Waals surface area contributed by atoms with Gasteiger partial charge in [-0.3, -0.25) is 14.4 Å². The molecular weight excluding hydrogens is 486 g/mol. The Labute approximate surface area is 222 Å². The van der Waals surface area contributed by atoms with Crippen LogP contribution in [0.1, 0.15) is 44.7 Å². The van der Waals surface area contributed by atoms with Crippen molar-refractivity contribution in [3.05, 3.63) is 60.2 Å². The van der Waals surface area contributed by atoms with Crippen LogP contribution >= 0.6 is 0 Å². The number of rotatable bonds is 9. The minimum absolute atomic E-state index is 0.231. The number of hydrogen-bond donors (Lipinski definition) is 3. The third kappa shape index (κ3) is 4.05. The molecule has 5 rings (SSSR count). The van der Waals surface area contributed by atoms with Crippen molar-refractivity contribution in [2.75, 3.05) is 25.6 Å². The second-order valence-electron chi connectivity index (χ2n) is 10.6. The average Bonchev–Trinajstić information content (AvgIpc) is 3.50. The van der Waals surface area contributed by atoms with Gasteiger partial charge in [-0.25, -0.2) is 0 Å². The number of fused-ring (bicyclic) bond motifs is 1. The fourth-order valence-electron chi connectivity index (χ4n) is 6.67. The lowest BCUT2D eigenvalue weighted by atomic mass is 9.66. The van der Waals surface area contributed by atoms with Crippen LogP contribution in [-0.4, -0.2) is 65.2 Å². The second-order valence-corrected chi connectivity index (χ2v) is 10.6. The summed E-state index contributed by atoms with van der Waals surface area (Å²) in [5.41, 5.74) is -0.794. The number of aliphatic hydroxyl groups is 1. The Morgan fingerprint density at radius 1 is 1.13 bits per heavy atom. The molecule has 0 radical (unpaired) electrons. The Balaban J connectivity index is 1.57. The molecule has 2 unspecified atom stereocenters. The van der Waals surface area contributed by atoms with E-state index in [9.17, 15) is 19.5 Å². The summed E-state index contributed by atoms with van der Waals surface area (Å²) >= 11 is 0. The molecule has 1 spiro atoms. The van der Waals surface area contributed by atoms with E-state index >= 15 is 0 Å². The van der Waals surface area contributed by atoms with Crippen molar-refractivity contribution in [3.63, 3.8) is 0 Å². The molecule has 3 heterocycles. The molecule has 0 saturated carbocycles. The molecule has 6 atom stereocenters. The number of amides is 3. The molecule has 3 aliphatic rings. The molecule has 0 aliphatic carbocycles. The third-order valence-electron chi connectivity index (χ3n) is 8.35. The summed E-state index contributed by atoms with van der Waals surface area (Å²) in [4.78, 5) is 43.2. The zero-order valence-electron chi connectivity index (χ0n) is 22.0. The van der Waals surface area contributed by atoms with E-state index < -0.39 is 41.0 Å². The van der Waals surface area contributed by atoms with Crippen LogP contribution in [0.4, 0.5) is 5.69 Å². The van der Waals surface area contributed by atoms with Gasteiger partial charge < -0.3 is 30.1 Å². The van der Waals surface area contributed by atoms with Crippen LogP contribution in [0, 0.1) is 11.8 Å². The second kappa shape index (κ2) is 10.0. The van der Waals surface area contributed by atoms with Crippen LogP contribution < -0.4 is 15.4 Å². The lowest BCUT2D eigenvalue weighted by molar-refractivity contribution is -0.148. The number of benzene rings is 2. The number of likely N-dealkylation sites (tertiary alicyclic amines) is 1. The van der Waals surface area contributed by atoms with Crippen LogP contribution in [0.5, 0.6) is 5.75 Å². The molecule has 2 bridgehead atoms. The summed E-state index contributed by atoms with van der Waals surface area (Å²) in [6, 6.07) is 14.3. The van der Waals surface area contributed by atoms with Gasteiger partial charge in [-0.2, -0.15) is 0 Å². The quantitative estimate of drug-likeness (QED) is 0.467. The van der Waals surface area contributed by atoms with E-state index in [0.717, 1.165) is 6.42 Å². The summed E-state index contributed by atoms with van der Waals surface area (Å²) in [7, 11) is 1.56. The molecule has 3 aliphatic heterocycles. The molecule has 9 nitrogen and oxygen atoms in total. The first kappa shape index (κ1) is 26.2. The summed E-state index contributed by atoms with van der Waals surface area (Å²) < 4.78 is 11.9. The number of aliphatic hydroxyl groups excluding tert-OH is 1. The van der Waals surface area contributed by atoms with Crippen LogP contribution in [-0.2, 0) is 19.1 Å². The molecule has 3 fully saturated rings. The highest BCUT2D eigenvalue weighted by molar-refractivity contribution is 6.04. The molecule has 9 heteroatoms. The number of nitrogens with zero attached hydrogens (tertiary/aromatic N) is 1. The maximum absolute atomic E-state index is 14.3. The Morgan fingerprint density at radius 2 is 1.84 bits per heavy atom. The zero-order chi connectivity index (χ0) is 27.1. The molecule has 0 aromatic heterocycles. The standard InChI is InChI=1S/C29H35N3O6/c1-4-16-30-25(34)22-23-27(36)32(21(17-33)18-8-6-5-7-9-18)24(29(23)15-14-28(22,2)38-29)26(35)31-19-10-12-20(37-3)13-11-19/h5-13,21-24,33H,4,14-17H2,1-3H3,(H,30,34)(H,31,35)/t21-,22-,23+,24?,28+,29?/m1/s1. The van der Waals surface area contributed by atoms with Gasteiger partial charge in [-0.1, -0.05) is 37.3 Å². The van der Waals surface area contributed by atoms with E-state index in [0.29, 0.717) is 36.4 Å². The summed E-state index contributed by atoms with van der Waals surface area (Å²) in [6.07, 6.45) is 1.78. The average molecular weight is 522 g/mol. The van der Waals surface area contributed by atoms with E-state index in [1.807, 2.05) is 44.2 Å². The maximum atomic E-state index is 14.3. The Morgan fingerprint density at radius 3 is 2.47 bits per heavy atom. The van der Waals surface area contributed by atoms with E-state index in [-0.39, 0.29) is 18.4 Å². The maximum Gasteiger partial charge on any atom is 0.250 e. The van der Waals surface area contributed by atoms with Gasteiger partial charge >= 0.3 is 0 Å². The Bertz CT molecular complexity index is 1200. The monoisotopic (exact) mass is 521 g/mol. The van der Waals surface area contributed by atoms with Gasteiger partial charge in [0.1, 0.15) is 17.4 Å². The molecular formula is C29H35N3O6. The van der Waals surface area contributed by atoms with Crippen molar-refractivity contribution in [2.45, 2.75) is 56.4 Å². The van der Waals surface area contributed by atoms with Crippen LogP contribution in [0.3, 0.4) is 0 Å². The van der Waals surface area contributed by atoms with Crippen molar-refractivity contribution in [3.8, 4) is 5.75 Å². The highest BCUT2D eigenvalue weighted by Gasteiger charge is 2.78. The van der Waals surface area contributed by atoms with Gasteiger partial charge in [0.15, 0.2) is 0 Å². The molecule has 3 saturated heterocycles. The predicted molar refractivity (Wildman–Crippen MR) is 140 cm³/mol. The van der Waals surface area contributed by atoms with Crippen molar-refractivity contribution >= 4 is 23.4 Å². The highest BCUT2D eigenvalue weighted by Crippen LogP contribution is 2.64. The first-order valence-corrected chi connectivity index (χ1v) is 13.2. The molecule has 202 valence electrons. The van der Waals surface area contributed by atoms with E-state index in [1.165, 1.54) is 4.90 Å². The van der Waals surface area contributed by atoms with Gasteiger partial charge in [0.25, 0.3) is 0 Å². The zero-order valence-corrected chi connectivity index (χ0v) is 22.0. The van der Waals surface area contributed by atoms with E-state index in [4.69, 9.17) is 9.47 Å². The minimum Gasteiger partial charge on any atom is -0.497 e. The van der Waals surface area contributed by atoms with Gasteiger partial charge in [0.2, 0.25) is 17.7 Å². The smallest absolute Gasteiger partial charge is 0.250 e. The first-order valence-electron chi connectivity index (χ1n) is 13.2. The summed E-state index contributed by atoms with van der Waals surface area (Å²) in [5.74, 6) is -1.91. The van der Waals surface area contributed by atoms with Crippen molar-refractivity contribution < 1.29 is 29.0 Å². The SMILES string of the molecule is CCCNC(=O)[C@H]1[C@H]2C(=O)N([C@H](CO)c3ccccc3)C(C(=O)Nc3ccc(OC)cc3)C23CC[C@]1(C)O3. The van der Waals surface area contributed by atoms with E-state index in [1.54, 1.807) is 31.4 Å². The fraction of sp³-hybridized carbons (Fsp3) is 0.483. The normalized spacial score (nSPS) is 30.2. The van der Waals surface area contributed by atoms with Gasteiger partial charge in [0, 0.05) is 12.2 Å². The molecule has 3 amide bonds. The number of ether oxygens (including phenoxy) is 2. The Kier molecular flexibility index (Phi) is 6.92. The molecule has 2 aromatic carbocycles. The summed E-state index contributed by atoms with van der Waals surface area (Å²) in [5, 5.41) is 16.4. The lowest BCUT2D eigenvalue weighted by Crippen LogP contribution is -2.54. The predicted octanol–water partition coefficient (Wildman–Crippen LogP) is 2.66. The van der Waals surface area contributed by atoms with E-state index in [2.05, 4.69) is 10.6 Å². The van der Waals surface area contributed by atoms with Crippen molar-refractivity contribution in [1.29, 1.82) is 0 Å². The molecule has 38 heavy (non-hydrogen) atoms.